The summed E-state index contributed by atoms with van der Waals surface area (Å²) in [7, 11) is 2.12. The van der Waals surface area contributed by atoms with Crippen LogP contribution in [0, 0.1) is 11.8 Å². The summed E-state index contributed by atoms with van der Waals surface area (Å²) in [6, 6.07) is 0. The van der Waals surface area contributed by atoms with E-state index in [0.29, 0.717) is 5.88 Å². The van der Waals surface area contributed by atoms with E-state index in [1.54, 1.807) is 11.3 Å². The van der Waals surface area contributed by atoms with E-state index >= 15 is 0 Å². The zero-order chi connectivity index (χ0) is 12.0. The molecule has 92 valence electrons. The predicted molar refractivity (Wildman–Crippen MR) is 73.2 cm³/mol. The highest BCUT2D eigenvalue weighted by Gasteiger charge is 2.34. The number of rotatable bonds is 4. The number of nitrogens with zero attached hydrogens (tertiary/aromatic N) is 3. The van der Waals surface area contributed by atoms with Crippen LogP contribution in [0.1, 0.15) is 19.0 Å². The molecule has 3 rings (SSSR count). The largest absolute Gasteiger partial charge is 0.358 e. The van der Waals surface area contributed by atoms with Gasteiger partial charge < -0.3 is 4.90 Å². The van der Waals surface area contributed by atoms with Crippen molar-refractivity contribution in [2.45, 2.75) is 19.2 Å². The summed E-state index contributed by atoms with van der Waals surface area (Å²) in [4.78, 5) is 7.96. The van der Waals surface area contributed by atoms with Crippen LogP contribution >= 0.6 is 22.9 Å². The third-order valence-electron chi connectivity index (χ3n) is 3.61. The van der Waals surface area contributed by atoms with Gasteiger partial charge in [0.2, 0.25) is 0 Å². The molecule has 1 saturated carbocycles. The summed E-state index contributed by atoms with van der Waals surface area (Å²) in [5.41, 5.74) is 1.11. The average molecular weight is 270 g/mol. The maximum absolute atomic E-state index is 6.05. The number of fused-ring (bicyclic) bond motifs is 1. The van der Waals surface area contributed by atoms with E-state index in [1.807, 2.05) is 11.6 Å². The SMILES string of the molecule is CC1CC1CN(C)c1nc2sccn2c1CCl. The Hall–Kier alpha value is -0.740. The standard InChI is InChI=1S/C12H16ClN3S/c1-8-5-9(8)7-15(2)11-10(6-13)16-3-4-17-12(16)14-11/h3-4,8-9H,5-7H2,1-2H3. The first kappa shape index (κ1) is 11.4. The quantitative estimate of drug-likeness (QED) is 0.795. The lowest BCUT2D eigenvalue weighted by Gasteiger charge is -2.17. The smallest absolute Gasteiger partial charge is 0.195 e. The second-order valence-corrected chi connectivity index (χ2v) is 6.07. The molecule has 2 heterocycles. The Morgan fingerprint density at radius 1 is 1.65 bits per heavy atom. The molecule has 5 heteroatoms. The van der Waals surface area contributed by atoms with Crippen molar-refractivity contribution in [1.82, 2.24) is 9.38 Å². The van der Waals surface area contributed by atoms with E-state index in [1.165, 1.54) is 6.42 Å². The minimum absolute atomic E-state index is 0.512. The summed E-state index contributed by atoms with van der Waals surface area (Å²) in [6.45, 7) is 3.41. The molecule has 17 heavy (non-hydrogen) atoms. The van der Waals surface area contributed by atoms with Gasteiger partial charge in [0.25, 0.3) is 0 Å². The lowest BCUT2D eigenvalue weighted by atomic mass is 10.3. The summed E-state index contributed by atoms with van der Waals surface area (Å²) in [5.74, 6) is 3.27. The number of aromatic nitrogens is 2. The molecule has 0 saturated heterocycles. The number of hydrogen-bond donors (Lipinski definition) is 0. The van der Waals surface area contributed by atoms with E-state index < -0.39 is 0 Å². The van der Waals surface area contributed by atoms with Gasteiger partial charge in [0.1, 0.15) is 0 Å². The van der Waals surface area contributed by atoms with Gasteiger partial charge in [0.05, 0.1) is 11.6 Å². The summed E-state index contributed by atoms with van der Waals surface area (Å²) in [6.07, 6.45) is 3.39. The third kappa shape index (κ3) is 1.93. The van der Waals surface area contributed by atoms with Crippen LogP contribution in [0.4, 0.5) is 5.82 Å². The maximum atomic E-state index is 6.05. The van der Waals surface area contributed by atoms with Gasteiger partial charge in [-0.2, -0.15) is 0 Å². The Kier molecular flexibility index (Phi) is 2.79. The molecule has 2 atom stereocenters. The van der Waals surface area contributed by atoms with Crippen molar-refractivity contribution in [3.05, 3.63) is 17.3 Å². The first-order valence-electron chi connectivity index (χ1n) is 5.92. The van der Waals surface area contributed by atoms with Crippen molar-refractivity contribution in [2.24, 2.45) is 11.8 Å². The Morgan fingerprint density at radius 3 is 3.06 bits per heavy atom. The lowest BCUT2D eigenvalue weighted by molar-refractivity contribution is 0.719. The van der Waals surface area contributed by atoms with Gasteiger partial charge in [-0.3, -0.25) is 4.40 Å². The summed E-state index contributed by atoms with van der Waals surface area (Å²) in [5, 5.41) is 2.05. The molecule has 0 aromatic carbocycles. The molecular weight excluding hydrogens is 254 g/mol. The van der Waals surface area contributed by atoms with Gasteiger partial charge in [0.15, 0.2) is 10.8 Å². The van der Waals surface area contributed by atoms with Crippen LogP contribution in [0.25, 0.3) is 4.96 Å². The zero-order valence-corrected chi connectivity index (χ0v) is 11.6. The van der Waals surface area contributed by atoms with Gasteiger partial charge in [-0.05, 0) is 18.3 Å². The van der Waals surface area contributed by atoms with Crippen molar-refractivity contribution < 1.29 is 0 Å². The van der Waals surface area contributed by atoms with Crippen LogP contribution in [0.3, 0.4) is 0 Å². The topological polar surface area (TPSA) is 20.5 Å². The van der Waals surface area contributed by atoms with Crippen LogP contribution in [0.15, 0.2) is 11.6 Å². The van der Waals surface area contributed by atoms with Crippen LogP contribution in [0.2, 0.25) is 0 Å². The van der Waals surface area contributed by atoms with E-state index in [2.05, 4.69) is 28.3 Å². The predicted octanol–water partition coefficient (Wildman–Crippen LogP) is 3.23. The molecule has 1 aliphatic rings. The molecule has 2 unspecified atom stereocenters. The molecule has 2 aromatic heterocycles. The molecule has 0 aliphatic heterocycles. The highest BCUT2D eigenvalue weighted by molar-refractivity contribution is 7.15. The van der Waals surface area contributed by atoms with Crippen LogP contribution in [-0.4, -0.2) is 23.0 Å². The van der Waals surface area contributed by atoms with Crippen molar-refractivity contribution in [2.75, 3.05) is 18.5 Å². The number of halogens is 1. The second-order valence-electron chi connectivity index (χ2n) is 4.92. The maximum Gasteiger partial charge on any atom is 0.195 e. The van der Waals surface area contributed by atoms with E-state index in [9.17, 15) is 0 Å². The summed E-state index contributed by atoms with van der Waals surface area (Å²) >= 11 is 7.71. The lowest BCUT2D eigenvalue weighted by Crippen LogP contribution is -2.22. The summed E-state index contributed by atoms with van der Waals surface area (Å²) < 4.78 is 2.10. The zero-order valence-electron chi connectivity index (χ0n) is 10.1. The van der Waals surface area contributed by atoms with Crippen LogP contribution in [-0.2, 0) is 5.88 Å². The molecular formula is C12H16ClN3S. The Labute approximate surface area is 110 Å². The number of thiazole rings is 1. The second kappa shape index (κ2) is 4.18. The minimum Gasteiger partial charge on any atom is -0.358 e. The highest BCUT2D eigenvalue weighted by atomic mass is 35.5. The van der Waals surface area contributed by atoms with Gasteiger partial charge >= 0.3 is 0 Å². The number of imidazole rings is 1. The number of anilines is 1. The Morgan fingerprint density at radius 2 is 2.41 bits per heavy atom. The van der Waals surface area contributed by atoms with E-state index in [0.717, 1.165) is 34.9 Å². The van der Waals surface area contributed by atoms with Gasteiger partial charge in [-0.15, -0.1) is 22.9 Å². The van der Waals surface area contributed by atoms with E-state index in [4.69, 9.17) is 11.6 Å². The first-order chi connectivity index (χ1) is 8.20. The Balaban J connectivity index is 1.89. The van der Waals surface area contributed by atoms with Gasteiger partial charge in [0, 0.05) is 25.2 Å². The first-order valence-corrected chi connectivity index (χ1v) is 7.33. The van der Waals surface area contributed by atoms with Crippen molar-refractivity contribution in [1.29, 1.82) is 0 Å². The molecule has 0 bridgehead atoms. The van der Waals surface area contributed by atoms with Crippen molar-refractivity contribution >= 4 is 33.7 Å². The highest BCUT2D eigenvalue weighted by Crippen LogP contribution is 2.39. The third-order valence-corrected chi connectivity index (χ3v) is 4.62. The number of hydrogen-bond acceptors (Lipinski definition) is 3. The molecule has 1 aliphatic carbocycles. The van der Waals surface area contributed by atoms with Gasteiger partial charge in [-0.25, -0.2) is 4.98 Å². The number of alkyl halides is 1. The van der Waals surface area contributed by atoms with Crippen LogP contribution in [0.5, 0.6) is 0 Å². The molecule has 3 nitrogen and oxygen atoms in total. The van der Waals surface area contributed by atoms with E-state index in [-0.39, 0.29) is 0 Å². The fraction of sp³-hybridized carbons (Fsp3) is 0.583. The Bertz CT molecular complexity index is 533. The molecule has 1 fully saturated rings. The monoisotopic (exact) mass is 269 g/mol. The minimum atomic E-state index is 0.512. The molecule has 2 aromatic rings. The van der Waals surface area contributed by atoms with Gasteiger partial charge in [-0.1, -0.05) is 6.92 Å². The van der Waals surface area contributed by atoms with Crippen molar-refractivity contribution in [3.8, 4) is 0 Å². The van der Waals surface area contributed by atoms with Crippen LogP contribution < -0.4 is 4.90 Å². The molecule has 0 spiro atoms. The molecule has 0 radical (unpaired) electrons. The molecule has 0 N–H and O–H groups in total. The van der Waals surface area contributed by atoms with Crippen molar-refractivity contribution in [3.63, 3.8) is 0 Å². The molecule has 0 amide bonds. The average Bonchev–Trinajstić information content (AvgIpc) is 2.75. The fourth-order valence-corrected chi connectivity index (χ4v) is 3.32. The normalized spacial score (nSPS) is 23.2. The fourth-order valence-electron chi connectivity index (χ4n) is 2.34.